The first-order valence-electron chi connectivity index (χ1n) is 12.9. The number of nitrogens with zero attached hydrogens (tertiary/aromatic N) is 3. The Morgan fingerprint density at radius 3 is 2.19 bits per heavy atom. The van der Waals surface area contributed by atoms with Gasteiger partial charge >= 0.3 is 12.4 Å². The molecule has 42 heavy (non-hydrogen) atoms. The number of alkyl halides is 6. The number of carbonyl (C=O) groups excluding carboxylic acids is 2. The number of rotatable bonds is 4. The number of hydrogen-bond donors (Lipinski definition) is 0. The van der Waals surface area contributed by atoms with Gasteiger partial charge in [0.05, 0.1) is 11.1 Å². The van der Waals surface area contributed by atoms with E-state index in [4.69, 9.17) is 0 Å². The number of aromatic nitrogens is 2. The molecule has 6 nitrogen and oxygen atoms in total. The van der Waals surface area contributed by atoms with Gasteiger partial charge in [0.15, 0.2) is 0 Å². The van der Waals surface area contributed by atoms with Crippen LogP contribution in [0.1, 0.15) is 50.9 Å². The first-order chi connectivity index (χ1) is 19.8. The van der Waals surface area contributed by atoms with Crippen molar-refractivity contribution in [1.29, 1.82) is 0 Å². The van der Waals surface area contributed by atoms with Gasteiger partial charge in [0.2, 0.25) is 0 Å². The van der Waals surface area contributed by atoms with Gasteiger partial charge in [-0.3, -0.25) is 19.4 Å². The van der Waals surface area contributed by atoms with E-state index >= 15 is 0 Å². The highest BCUT2D eigenvalue weighted by molar-refractivity contribution is 6.07. The molecule has 1 atom stereocenters. The second-order valence-electron chi connectivity index (χ2n) is 10.3. The molecule has 0 N–H and O–H groups in total. The summed E-state index contributed by atoms with van der Waals surface area (Å²) < 4.78 is 82.5. The van der Waals surface area contributed by atoms with Gasteiger partial charge in [0.1, 0.15) is 17.5 Å². The van der Waals surface area contributed by atoms with E-state index in [-0.39, 0.29) is 41.8 Å². The van der Waals surface area contributed by atoms with Gasteiger partial charge in [-0.1, -0.05) is 37.3 Å². The maximum atomic E-state index is 14.3. The van der Waals surface area contributed by atoms with Crippen molar-refractivity contribution in [2.75, 3.05) is 6.54 Å². The predicted molar refractivity (Wildman–Crippen MR) is 142 cm³/mol. The maximum Gasteiger partial charge on any atom is 0.416 e. The average Bonchev–Trinajstić information content (AvgIpc) is 2.94. The molecule has 5 rings (SSSR count). The third kappa shape index (κ3) is 5.53. The molecule has 2 aromatic carbocycles. The molecule has 0 aliphatic carbocycles. The molecule has 0 bridgehead atoms. The third-order valence-electron chi connectivity index (χ3n) is 7.26. The van der Waals surface area contributed by atoms with Crippen LogP contribution in [-0.4, -0.2) is 33.2 Å². The van der Waals surface area contributed by atoms with Crippen LogP contribution in [0, 0.1) is 5.92 Å². The Labute approximate surface area is 235 Å². The van der Waals surface area contributed by atoms with Crippen molar-refractivity contribution in [3.63, 3.8) is 0 Å². The van der Waals surface area contributed by atoms with E-state index < -0.39 is 41.5 Å². The van der Waals surface area contributed by atoms with Gasteiger partial charge in [-0.2, -0.15) is 26.3 Å². The van der Waals surface area contributed by atoms with Crippen molar-refractivity contribution in [3.8, 4) is 11.1 Å². The monoisotopic (exact) mass is 587 g/mol. The van der Waals surface area contributed by atoms with Crippen molar-refractivity contribution in [3.05, 3.63) is 99.1 Å². The molecular weight excluding hydrogens is 564 g/mol. The van der Waals surface area contributed by atoms with E-state index in [1.165, 1.54) is 27.8 Å². The van der Waals surface area contributed by atoms with Crippen LogP contribution in [0.2, 0.25) is 0 Å². The van der Waals surface area contributed by atoms with Crippen LogP contribution in [-0.2, 0) is 25.4 Å². The normalized spacial score (nSPS) is 16.2. The number of pyridine rings is 2. The molecule has 0 saturated carbocycles. The van der Waals surface area contributed by atoms with Crippen LogP contribution in [0.3, 0.4) is 0 Å². The predicted octanol–water partition coefficient (Wildman–Crippen LogP) is 6.60. The highest BCUT2D eigenvalue weighted by atomic mass is 19.4. The smallest absolute Gasteiger partial charge is 0.333 e. The first-order valence-corrected chi connectivity index (χ1v) is 12.9. The zero-order valence-electron chi connectivity index (χ0n) is 22.1. The minimum Gasteiger partial charge on any atom is -0.333 e. The summed E-state index contributed by atoms with van der Waals surface area (Å²) in [5, 5.41) is 0.341. The van der Waals surface area contributed by atoms with Gasteiger partial charge in [0, 0.05) is 42.3 Å². The summed E-state index contributed by atoms with van der Waals surface area (Å²) in [4.78, 5) is 44.5. The molecule has 3 heterocycles. The summed E-state index contributed by atoms with van der Waals surface area (Å²) in [5.41, 5.74) is -2.67. The molecule has 1 amide bonds. The Morgan fingerprint density at radius 2 is 1.60 bits per heavy atom. The van der Waals surface area contributed by atoms with Crippen LogP contribution in [0.5, 0.6) is 0 Å². The Balaban J connectivity index is 1.72. The largest absolute Gasteiger partial charge is 0.416 e. The molecule has 4 aromatic rings. The van der Waals surface area contributed by atoms with Crippen molar-refractivity contribution in [2.45, 2.75) is 38.8 Å². The van der Waals surface area contributed by atoms with Crippen LogP contribution in [0.25, 0.3) is 22.0 Å². The number of fused-ring (bicyclic) bond motifs is 2. The number of carbonyl (C=O) groups is 2. The zero-order valence-corrected chi connectivity index (χ0v) is 22.1. The molecule has 0 radical (unpaired) electrons. The second-order valence-corrected chi connectivity index (χ2v) is 10.3. The second kappa shape index (κ2) is 10.7. The molecule has 1 aliphatic rings. The number of benzene rings is 2. The SMILES string of the molecule is C[C@@H]1CCn2c(c(-c3ccc(C=O)cc3)c3cccnc3c2=O)C(=O)N(Cc2cc(C(F)(F)F)cc(C(F)(F)F)c2)C1. The molecule has 0 unspecified atom stereocenters. The highest BCUT2D eigenvalue weighted by Crippen LogP contribution is 2.37. The van der Waals surface area contributed by atoms with Gasteiger partial charge in [-0.15, -0.1) is 0 Å². The lowest BCUT2D eigenvalue weighted by Gasteiger charge is -2.32. The quantitative estimate of drug-likeness (QED) is 0.199. The summed E-state index contributed by atoms with van der Waals surface area (Å²) >= 11 is 0. The minimum absolute atomic E-state index is 0.0270. The zero-order chi connectivity index (χ0) is 30.4. The standard InChI is InChI=1S/C30H23F6N3O3/c1-17-8-10-39-26(24(20-6-4-18(16-40)5-7-20)23-3-2-9-37-25(23)27(39)41)28(42)38(14-17)15-19-11-21(29(31,32)33)13-22(12-19)30(34,35)36/h2-7,9,11-13,16-17H,8,10,14-15H2,1H3/t17-/m1/s1. The fraction of sp³-hybridized carbons (Fsp3) is 0.267. The highest BCUT2D eigenvalue weighted by Gasteiger charge is 2.38. The molecule has 0 spiro atoms. The minimum atomic E-state index is -5.05. The molecule has 1 aliphatic heterocycles. The number of amides is 1. The summed E-state index contributed by atoms with van der Waals surface area (Å²) in [6, 6.07) is 10.7. The lowest BCUT2D eigenvalue weighted by atomic mass is 9.95. The maximum absolute atomic E-state index is 14.3. The molecule has 0 saturated heterocycles. The molecule has 0 fully saturated rings. The van der Waals surface area contributed by atoms with Crippen molar-refractivity contribution >= 4 is 23.1 Å². The van der Waals surface area contributed by atoms with Gasteiger partial charge in [-0.25, -0.2) is 0 Å². The van der Waals surface area contributed by atoms with Gasteiger partial charge in [0.25, 0.3) is 11.5 Å². The van der Waals surface area contributed by atoms with Crippen molar-refractivity contribution in [1.82, 2.24) is 14.5 Å². The Morgan fingerprint density at radius 1 is 0.952 bits per heavy atom. The summed E-state index contributed by atoms with van der Waals surface area (Å²) in [5.74, 6) is -0.971. The number of hydrogen-bond acceptors (Lipinski definition) is 4. The number of halogens is 6. The topological polar surface area (TPSA) is 72.3 Å². The first kappa shape index (κ1) is 29.0. The Bertz CT molecular complexity index is 1710. The van der Waals surface area contributed by atoms with Crippen LogP contribution < -0.4 is 5.56 Å². The van der Waals surface area contributed by atoms with E-state index in [0.717, 1.165) is 0 Å². The van der Waals surface area contributed by atoms with Gasteiger partial charge in [-0.05, 0) is 47.7 Å². The van der Waals surface area contributed by atoms with Crippen LogP contribution >= 0.6 is 0 Å². The summed E-state index contributed by atoms with van der Waals surface area (Å²) in [7, 11) is 0. The lowest BCUT2D eigenvalue weighted by molar-refractivity contribution is -0.143. The van der Waals surface area contributed by atoms with Crippen molar-refractivity contribution in [2.24, 2.45) is 5.92 Å². The fourth-order valence-corrected chi connectivity index (χ4v) is 5.24. The number of aldehydes is 1. The molecule has 218 valence electrons. The molecular formula is C30H23F6N3O3. The molecule has 2 aromatic heterocycles. The van der Waals surface area contributed by atoms with Crippen molar-refractivity contribution < 1.29 is 35.9 Å². The van der Waals surface area contributed by atoms with E-state index in [1.807, 2.05) is 0 Å². The summed E-state index contributed by atoms with van der Waals surface area (Å²) in [6.07, 6.45) is -7.62. The Hall–Kier alpha value is -4.48. The lowest BCUT2D eigenvalue weighted by Crippen LogP contribution is -2.41. The summed E-state index contributed by atoms with van der Waals surface area (Å²) in [6.45, 7) is 1.39. The van der Waals surface area contributed by atoms with E-state index in [1.54, 1.807) is 31.2 Å². The third-order valence-corrected chi connectivity index (χ3v) is 7.26. The van der Waals surface area contributed by atoms with E-state index in [2.05, 4.69) is 4.98 Å². The van der Waals surface area contributed by atoms with Crippen LogP contribution in [0.4, 0.5) is 26.3 Å². The van der Waals surface area contributed by atoms with Gasteiger partial charge < -0.3 is 9.47 Å². The average molecular weight is 588 g/mol. The van der Waals surface area contributed by atoms with E-state index in [0.29, 0.717) is 46.9 Å². The van der Waals surface area contributed by atoms with Crippen LogP contribution in [0.15, 0.2) is 65.6 Å². The Kier molecular flexibility index (Phi) is 7.42. The fourth-order valence-electron chi connectivity index (χ4n) is 5.24. The van der Waals surface area contributed by atoms with E-state index in [9.17, 15) is 40.7 Å². The molecule has 12 heteroatoms.